The highest BCUT2D eigenvalue weighted by Crippen LogP contribution is 2.30. The molecule has 0 saturated carbocycles. The Labute approximate surface area is 103 Å². The molecule has 0 amide bonds. The van der Waals surface area contributed by atoms with E-state index in [1.54, 1.807) is 6.92 Å². The number of alkyl halides is 2. The Kier molecular flexibility index (Phi) is 4.96. The first-order valence-corrected chi connectivity index (χ1v) is 5.34. The predicted octanol–water partition coefficient (Wildman–Crippen LogP) is 1.29. The minimum atomic E-state index is -2.78. The molecular formula is C11H14F2N2O3. The molecule has 0 aliphatic rings. The third-order valence-electron chi connectivity index (χ3n) is 2.32. The molecule has 1 aromatic rings. The van der Waals surface area contributed by atoms with Crippen molar-refractivity contribution in [1.82, 2.24) is 4.98 Å². The molecular weight excluding hydrogens is 246 g/mol. The zero-order valence-corrected chi connectivity index (χ0v) is 9.82. The van der Waals surface area contributed by atoms with Gasteiger partial charge in [0.05, 0.1) is 18.7 Å². The quantitative estimate of drug-likeness (QED) is 0.779. The highest BCUT2D eigenvalue weighted by molar-refractivity contribution is 5.73. The van der Waals surface area contributed by atoms with E-state index >= 15 is 0 Å². The van der Waals surface area contributed by atoms with Gasteiger partial charge in [-0.2, -0.15) is 0 Å². The summed E-state index contributed by atoms with van der Waals surface area (Å²) in [6.07, 6.45) is -2.14. The van der Waals surface area contributed by atoms with E-state index < -0.39 is 23.7 Å². The van der Waals surface area contributed by atoms with Gasteiger partial charge in [-0.25, -0.2) is 8.78 Å². The Balaban J connectivity index is 3.05. The van der Waals surface area contributed by atoms with Crippen molar-refractivity contribution in [3.63, 3.8) is 0 Å². The second-order valence-corrected chi connectivity index (χ2v) is 3.47. The van der Waals surface area contributed by atoms with Gasteiger partial charge >= 0.3 is 5.97 Å². The lowest BCUT2D eigenvalue weighted by Crippen LogP contribution is -2.11. The molecule has 18 heavy (non-hydrogen) atoms. The third kappa shape index (κ3) is 3.13. The van der Waals surface area contributed by atoms with Gasteiger partial charge in [-0.15, -0.1) is 0 Å². The fourth-order valence-electron chi connectivity index (χ4n) is 1.48. The van der Waals surface area contributed by atoms with Crippen LogP contribution in [0.2, 0.25) is 0 Å². The smallest absolute Gasteiger partial charge is 0.312 e. The van der Waals surface area contributed by atoms with Crippen LogP contribution in [0.1, 0.15) is 30.2 Å². The van der Waals surface area contributed by atoms with Crippen LogP contribution in [0, 0.1) is 0 Å². The maximum absolute atomic E-state index is 12.6. The van der Waals surface area contributed by atoms with E-state index in [0.717, 1.165) is 6.20 Å². The van der Waals surface area contributed by atoms with Gasteiger partial charge in [-0.3, -0.25) is 9.78 Å². The van der Waals surface area contributed by atoms with Crippen molar-refractivity contribution in [2.24, 2.45) is 5.73 Å². The van der Waals surface area contributed by atoms with Crippen LogP contribution in [-0.2, 0) is 22.5 Å². The summed E-state index contributed by atoms with van der Waals surface area (Å²) >= 11 is 0. The van der Waals surface area contributed by atoms with E-state index in [0.29, 0.717) is 0 Å². The van der Waals surface area contributed by atoms with Crippen molar-refractivity contribution < 1.29 is 23.4 Å². The highest BCUT2D eigenvalue weighted by atomic mass is 19.3. The van der Waals surface area contributed by atoms with E-state index in [1.165, 1.54) is 0 Å². The van der Waals surface area contributed by atoms with Crippen LogP contribution in [0.4, 0.5) is 8.78 Å². The topological polar surface area (TPSA) is 85.4 Å². The van der Waals surface area contributed by atoms with Crippen molar-refractivity contribution in [2.75, 3.05) is 6.61 Å². The van der Waals surface area contributed by atoms with Crippen LogP contribution in [0.15, 0.2) is 6.20 Å². The second kappa shape index (κ2) is 6.25. The van der Waals surface area contributed by atoms with Crippen molar-refractivity contribution >= 4 is 5.97 Å². The maximum atomic E-state index is 12.6. The average Bonchev–Trinajstić information content (AvgIpc) is 2.31. The Hall–Kier alpha value is -1.76. The summed E-state index contributed by atoms with van der Waals surface area (Å²) < 4.78 is 29.9. The first kappa shape index (κ1) is 14.3. The standard InChI is InChI=1S/C11H14F2N2O3/c1-2-18-9(16)3-8-10(17)6(4-14)7(5-15-8)11(12)13/h5,11,17H,2-4,14H2,1H3. The lowest BCUT2D eigenvalue weighted by molar-refractivity contribution is -0.142. The summed E-state index contributed by atoms with van der Waals surface area (Å²) in [6.45, 7) is 1.57. The van der Waals surface area contributed by atoms with Crippen molar-refractivity contribution in [3.8, 4) is 5.75 Å². The molecule has 3 N–H and O–H groups in total. The van der Waals surface area contributed by atoms with Gasteiger partial charge in [0.15, 0.2) is 0 Å². The summed E-state index contributed by atoms with van der Waals surface area (Å²) in [5.74, 6) is -1.06. The summed E-state index contributed by atoms with van der Waals surface area (Å²) in [6, 6.07) is 0. The van der Waals surface area contributed by atoms with Gasteiger partial charge in [0.1, 0.15) is 5.75 Å². The number of pyridine rings is 1. The number of carbonyl (C=O) groups is 1. The molecule has 5 nitrogen and oxygen atoms in total. The van der Waals surface area contributed by atoms with Crippen molar-refractivity contribution in [3.05, 3.63) is 23.0 Å². The Morgan fingerprint density at radius 2 is 2.28 bits per heavy atom. The number of hydrogen-bond donors (Lipinski definition) is 2. The molecule has 1 heterocycles. The minimum absolute atomic E-state index is 0.0155. The van der Waals surface area contributed by atoms with Gasteiger partial charge in [0.25, 0.3) is 6.43 Å². The zero-order valence-electron chi connectivity index (χ0n) is 9.82. The number of carbonyl (C=O) groups excluding carboxylic acids is 1. The Bertz CT molecular complexity index is 439. The predicted molar refractivity (Wildman–Crippen MR) is 59.1 cm³/mol. The number of esters is 1. The van der Waals surface area contributed by atoms with E-state index in [2.05, 4.69) is 9.72 Å². The number of nitrogens with zero attached hydrogens (tertiary/aromatic N) is 1. The van der Waals surface area contributed by atoms with Crippen LogP contribution in [0.5, 0.6) is 5.75 Å². The van der Waals surface area contributed by atoms with E-state index in [9.17, 15) is 18.7 Å². The summed E-state index contributed by atoms with van der Waals surface area (Å²) in [5.41, 5.74) is 4.77. The van der Waals surface area contributed by atoms with Gasteiger partial charge in [-0.1, -0.05) is 0 Å². The number of rotatable bonds is 5. The first-order chi connectivity index (χ1) is 8.51. The molecule has 0 spiro atoms. The van der Waals surface area contributed by atoms with Crippen LogP contribution >= 0.6 is 0 Å². The molecule has 1 rings (SSSR count). The molecule has 0 aromatic carbocycles. The van der Waals surface area contributed by atoms with E-state index in [-0.39, 0.29) is 30.8 Å². The summed E-state index contributed by atoms with van der Waals surface area (Å²) in [5, 5.41) is 9.75. The second-order valence-electron chi connectivity index (χ2n) is 3.47. The summed E-state index contributed by atoms with van der Waals surface area (Å²) in [7, 11) is 0. The zero-order chi connectivity index (χ0) is 13.7. The third-order valence-corrected chi connectivity index (χ3v) is 2.32. The molecule has 0 bridgehead atoms. The monoisotopic (exact) mass is 260 g/mol. The molecule has 0 atom stereocenters. The first-order valence-electron chi connectivity index (χ1n) is 5.34. The highest BCUT2D eigenvalue weighted by Gasteiger charge is 2.20. The molecule has 100 valence electrons. The van der Waals surface area contributed by atoms with Gasteiger partial charge in [0, 0.05) is 23.9 Å². The van der Waals surface area contributed by atoms with E-state index in [4.69, 9.17) is 5.73 Å². The minimum Gasteiger partial charge on any atom is -0.506 e. The summed E-state index contributed by atoms with van der Waals surface area (Å²) in [4.78, 5) is 14.9. The van der Waals surface area contributed by atoms with Gasteiger partial charge < -0.3 is 15.6 Å². The fourth-order valence-corrected chi connectivity index (χ4v) is 1.48. The van der Waals surface area contributed by atoms with Crippen LogP contribution in [-0.4, -0.2) is 22.7 Å². The molecule has 0 fully saturated rings. The average molecular weight is 260 g/mol. The van der Waals surface area contributed by atoms with Crippen LogP contribution in [0.3, 0.4) is 0 Å². The van der Waals surface area contributed by atoms with Crippen LogP contribution in [0.25, 0.3) is 0 Å². The number of aromatic hydroxyl groups is 1. The Morgan fingerprint density at radius 1 is 1.61 bits per heavy atom. The van der Waals surface area contributed by atoms with Gasteiger partial charge in [0.2, 0.25) is 0 Å². The molecule has 0 saturated heterocycles. The van der Waals surface area contributed by atoms with E-state index in [1.807, 2.05) is 0 Å². The van der Waals surface area contributed by atoms with Crippen molar-refractivity contribution in [2.45, 2.75) is 26.3 Å². The normalized spacial score (nSPS) is 10.7. The number of nitrogens with two attached hydrogens (primary N) is 1. The van der Waals surface area contributed by atoms with Crippen LogP contribution < -0.4 is 5.73 Å². The maximum Gasteiger partial charge on any atom is 0.312 e. The Morgan fingerprint density at radius 3 is 2.78 bits per heavy atom. The fraction of sp³-hybridized carbons (Fsp3) is 0.455. The largest absolute Gasteiger partial charge is 0.506 e. The molecule has 1 aromatic heterocycles. The molecule has 0 unspecified atom stereocenters. The van der Waals surface area contributed by atoms with Gasteiger partial charge in [-0.05, 0) is 6.92 Å². The lowest BCUT2D eigenvalue weighted by Gasteiger charge is -2.11. The molecule has 0 radical (unpaired) electrons. The number of ether oxygens (including phenoxy) is 1. The van der Waals surface area contributed by atoms with Crippen molar-refractivity contribution in [1.29, 1.82) is 0 Å². The molecule has 7 heteroatoms. The lowest BCUT2D eigenvalue weighted by atomic mass is 10.1. The SMILES string of the molecule is CCOC(=O)Cc1ncc(C(F)F)c(CN)c1O. The number of halogens is 2. The molecule has 0 aliphatic carbocycles. The molecule has 0 aliphatic heterocycles. The number of aromatic nitrogens is 1. The number of hydrogen-bond acceptors (Lipinski definition) is 5.